The van der Waals surface area contributed by atoms with Crippen LogP contribution in [0.25, 0.3) is 0 Å². The van der Waals surface area contributed by atoms with Gasteiger partial charge in [0.05, 0.1) is 18.9 Å². The van der Waals surface area contributed by atoms with Crippen molar-refractivity contribution in [3.63, 3.8) is 0 Å². The number of hydrogen-bond donors (Lipinski definition) is 0. The van der Waals surface area contributed by atoms with Gasteiger partial charge in [-0.05, 0) is 19.1 Å². The predicted octanol–water partition coefficient (Wildman–Crippen LogP) is 0.667. The van der Waals surface area contributed by atoms with E-state index in [9.17, 15) is 4.79 Å². The molecule has 0 aliphatic rings. The predicted molar refractivity (Wildman–Crippen MR) is 47.3 cm³/mol. The zero-order valence-corrected chi connectivity index (χ0v) is 8.10. The highest BCUT2D eigenvalue weighted by atomic mass is 32.1. The lowest BCUT2D eigenvalue weighted by Crippen LogP contribution is -2.38. The van der Waals surface area contributed by atoms with Gasteiger partial charge < -0.3 is 9.47 Å². The van der Waals surface area contributed by atoms with Crippen molar-refractivity contribution in [2.24, 2.45) is 4.99 Å². The summed E-state index contributed by atoms with van der Waals surface area (Å²) < 4.78 is 9.32. The van der Waals surface area contributed by atoms with Crippen molar-refractivity contribution in [3.8, 4) is 0 Å². The number of esters is 1. The maximum absolute atomic E-state index is 11.1. The summed E-state index contributed by atoms with van der Waals surface area (Å²) in [5.41, 5.74) is -1.06. The van der Waals surface area contributed by atoms with E-state index in [4.69, 9.17) is 4.74 Å². The van der Waals surface area contributed by atoms with E-state index in [1.54, 1.807) is 6.92 Å². The molecular formula is C7H11NO3S. The molecule has 0 aliphatic heterocycles. The second kappa shape index (κ2) is 4.98. The third kappa shape index (κ3) is 2.70. The van der Waals surface area contributed by atoms with Gasteiger partial charge in [-0.1, -0.05) is 0 Å². The van der Waals surface area contributed by atoms with Gasteiger partial charge in [0, 0.05) is 7.11 Å². The van der Waals surface area contributed by atoms with Crippen molar-refractivity contribution >= 4 is 23.3 Å². The maximum atomic E-state index is 11.1. The zero-order chi connectivity index (χ0) is 9.61. The Morgan fingerprint density at radius 2 is 2.25 bits per heavy atom. The van der Waals surface area contributed by atoms with Crippen LogP contribution in [-0.4, -0.2) is 37.5 Å². The van der Waals surface area contributed by atoms with E-state index in [-0.39, 0.29) is 6.61 Å². The largest absolute Gasteiger partial charge is 0.467 e. The van der Waals surface area contributed by atoms with Crippen molar-refractivity contribution in [3.05, 3.63) is 0 Å². The average Bonchev–Trinajstić information content (AvgIpc) is 2.04. The molecule has 0 aliphatic carbocycles. The molecule has 0 rings (SSSR count). The molecule has 1 atom stereocenters. The average molecular weight is 189 g/mol. The number of ether oxygens (including phenoxy) is 2. The Balaban J connectivity index is 4.59. The molecule has 0 aromatic rings. The molecule has 4 nitrogen and oxygen atoms in total. The SMILES string of the molecule is COCC(C)(N=C=S)C(=O)OC. The summed E-state index contributed by atoms with van der Waals surface area (Å²) in [6.45, 7) is 1.70. The van der Waals surface area contributed by atoms with Crippen LogP contribution in [-0.2, 0) is 14.3 Å². The number of hydrogen-bond acceptors (Lipinski definition) is 5. The summed E-state index contributed by atoms with van der Waals surface area (Å²) >= 11 is 4.40. The van der Waals surface area contributed by atoms with Crippen molar-refractivity contribution in [1.82, 2.24) is 0 Å². The molecule has 0 bridgehead atoms. The quantitative estimate of drug-likeness (QED) is 0.370. The van der Waals surface area contributed by atoms with Gasteiger partial charge in [0.15, 0.2) is 5.54 Å². The molecule has 0 fully saturated rings. The Labute approximate surface area is 76.6 Å². The van der Waals surface area contributed by atoms with Crippen LogP contribution in [0.4, 0.5) is 0 Å². The summed E-state index contributed by atoms with van der Waals surface area (Å²) in [5.74, 6) is -0.485. The van der Waals surface area contributed by atoms with Gasteiger partial charge in [-0.15, -0.1) is 0 Å². The van der Waals surface area contributed by atoms with Crippen LogP contribution in [0.15, 0.2) is 4.99 Å². The molecular weight excluding hydrogens is 178 g/mol. The summed E-state index contributed by atoms with van der Waals surface area (Å²) in [7, 11) is 2.76. The first kappa shape index (κ1) is 11.2. The van der Waals surface area contributed by atoms with E-state index in [0.29, 0.717) is 0 Å². The molecule has 0 amide bonds. The highest BCUT2D eigenvalue weighted by Crippen LogP contribution is 2.11. The smallest absolute Gasteiger partial charge is 0.336 e. The highest BCUT2D eigenvalue weighted by molar-refractivity contribution is 7.78. The molecule has 0 saturated heterocycles. The van der Waals surface area contributed by atoms with Gasteiger partial charge in [0.2, 0.25) is 0 Å². The number of carbonyl (C=O) groups excluding carboxylic acids is 1. The van der Waals surface area contributed by atoms with E-state index < -0.39 is 11.5 Å². The van der Waals surface area contributed by atoms with Crippen molar-refractivity contribution in [2.45, 2.75) is 12.5 Å². The van der Waals surface area contributed by atoms with Gasteiger partial charge in [-0.2, -0.15) is 0 Å². The highest BCUT2D eigenvalue weighted by Gasteiger charge is 2.33. The van der Waals surface area contributed by atoms with Crippen LogP contribution in [0.1, 0.15) is 6.92 Å². The number of thiocarbonyl (C=S) groups is 1. The molecule has 0 N–H and O–H groups in total. The Morgan fingerprint density at radius 3 is 2.58 bits per heavy atom. The van der Waals surface area contributed by atoms with Gasteiger partial charge in [-0.3, -0.25) is 0 Å². The van der Waals surface area contributed by atoms with E-state index in [1.807, 2.05) is 0 Å². The summed E-state index contributed by atoms with van der Waals surface area (Å²) in [4.78, 5) is 14.8. The lowest BCUT2D eigenvalue weighted by molar-refractivity contribution is -0.148. The molecule has 0 aromatic carbocycles. The monoisotopic (exact) mass is 189 g/mol. The molecule has 0 radical (unpaired) electrons. The third-order valence-electron chi connectivity index (χ3n) is 1.34. The van der Waals surface area contributed by atoms with E-state index in [0.717, 1.165) is 0 Å². The number of carbonyl (C=O) groups is 1. The summed E-state index contributed by atoms with van der Waals surface area (Å²) in [6.07, 6.45) is 0. The van der Waals surface area contributed by atoms with E-state index >= 15 is 0 Å². The first-order valence-electron chi connectivity index (χ1n) is 3.27. The fourth-order valence-electron chi connectivity index (χ4n) is 0.739. The summed E-state index contributed by atoms with van der Waals surface area (Å²) in [6, 6.07) is 0. The van der Waals surface area contributed by atoms with E-state index in [1.165, 1.54) is 14.2 Å². The van der Waals surface area contributed by atoms with Crippen LogP contribution in [0.2, 0.25) is 0 Å². The zero-order valence-electron chi connectivity index (χ0n) is 7.29. The molecule has 12 heavy (non-hydrogen) atoms. The number of methoxy groups -OCH3 is 2. The fourth-order valence-corrected chi connectivity index (χ4v) is 0.940. The Kier molecular flexibility index (Phi) is 4.66. The standard InChI is InChI=1S/C7H11NO3S/c1-7(4-10-2,8-5-12)6(9)11-3/h4H2,1-3H3. The molecule has 0 aromatic heterocycles. The Bertz CT molecular complexity index is 213. The first-order chi connectivity index (χ1) is 5.60. The molecule has 1 unspecified atom stereocenters. The third-order valence-corrected chi connectivity index (χ3v) is 1.43. The molecule has 0 heterocycles. The van der Waals surface area contributed by atoms with E-state index in [2.05, 4.69) is 27.1 Å². The molecule has 0 spiro atoms. The maximum Gasteiger partial charge on any atom is 0.336 e. The van der Waals surface area contributed by atoms with Crippen molar-refractivity contribution in [1.29, 1.82) is 0 Å². The van der Waals surface area contributed by atoms with Crippen LogP contribution >= 0.6 is 12.2 Å². The Morgan fingerprint density at radius 1 is 1.67 bits per heavy atom. The molecule has 68 valence electrons. The lowest BCUT2D eigenvalue weighted by Gasteiger charge is -2.18. The van der Waals surface area contributed by atoms with Crippen LogP contribution < -0.4 is 0 Å². The fraction of sp³-hybridized carbons (Fsp3) is 0.714. The van der Waals surface area contributed by atoms with Crippen LogP contribution in [0, 0.1) is 0 Å². The van der Waals surface area contributed by atoms with Crippen LogP contribution in [0.5, 0.6) is 0 Å². The minimum Gasteiger partial charge on any atom is -0.467 e. The van der Waals surface area contributed by atoms with Gasteiger partial charge >= 0.3 is 5.97 Å². The number of nitrogens with zero attached hydrogens (tertiary/aromatic N) is 1. The topological polar surface area (TPSA) is 47.9 Å². The van der Waals surface area contributed by atoms with Gasteiger partial charge in [0.1, 0.15) is 0 Å². The van der Waals surface area contributed by atoms with Crippen molar-refractivity contribution in [2.75, 3.05) is 20.8 Å². The van der Waals surface area contributed by atoms with Gasteiger partial charge in [0.25, 0.3) is 0 Å². The number of isothiocyanates is 1. The van der Waals surface area contributed by atoms with Crippen molar-refractivity contribution < 1.29 is 14.3 Å². The molecule has 0 saturated carbocycles. The minimum absolute atomic E-state index is 0.128. The summed E-state index contributed by atoms with van der Waals surface area (Å²) in [5, 5.41) is 2.14. The Hall–Kier alpha value is -0.770. The van der Waals surface area contributed by atoms with Gasteiger partial charge in [-0.25, -0.2) is 9.79 Å². The number of rotatable bonds is 4. The van der Waals surface area contributed by atoms with Crippen LogP contribution in [0.3, 0.4) is 0 Å². The first-order valence-corrected chi connectivity index (χ1v) is 3.68. The lowest BCUT2D eigenvalue weighted by atomic mass is 10.1. The number of aliphatic imine (C=N–C) groups is 1. The normalized spacial score (nSPS) is 14.2. The minimum atomic E-state index is -1.06. The second-order valence-corrected chi connectivity index (χ2v) is 2.58. The second-order valence-electron chi connectivity index (χ2n) is 2.40. The molecule has 5 heteroatoms.